The van der Waals surface area contributed by atoms with Crippen molar-refractivity contribution in [1.29, 1.82) is 0 Å². The third kappa shape index (κ3) is 4.34. The summed E-state index contributed by atoms with van der Waals surface area (Å²) in [7, 11) is 0. The number of nitrogens with one attached hydrogen (secondary N) is 2. The van der Waals surface area contributed by atoms with Crippen LogP contribution in [-0.2, 0) is 9.59 Å². The first-order chi connectivity index (χ1) is 7.84. The van der Waals surface area contributed by atoms with E-state index in [1.807, 2.05) is 13.8 Å². The van der Waals surface area contributed by atoms with Crippen LogP contribution in [0.5, 0.6) is 0 Å². The van der Waals surface area contributed by atoms with Crippen LogP contribution in [0.25, 0.3) is 0 Å². The first-order valence-corrected chi connectivity index (χ1v) is 6.20. The van der Waals surface area contributed by atoms with Crippen molar-refractivity contribution in [2.45, 2.75) is 51.6 Å². The molecule has 1 fully saturated rings. The van der Waals surface area contributed by atoms with Crippen molar-refractivity contribution in [3.05, 3.63) is 0 Å². The molecule has 4 N–H and O–H groups in total. The molecule has 1 saturated carbocycles. The Hall–Kier alpha value is -1.10. The molecular formula is C12H23N3O2. The Balaban J connectivity index is 2.22. The molecule has 1 unspecified atom stereocenters. The highest BCUT2D eigenvalue weighted by molar-refractivity contribution is 5.87. The van der Waals surface area contributed by atoms with Crippen LogP contribution in [-0.4, -0.2) is 29.9 Å². The molecule has 0 bridgehead atoms. The molecule has 0 heterocycles. The fourth-order valence-electron chi connectivity index (χ4n) is 1.74. The second-order valence-electron chi connectivity index (χ2n) is 5.29. The van der Waals surface area contributed by atoms with Crippen LogP contribution < -0.4 is 16.4 Å². The van der Waals surface area contributed by atoms with Gasteiger partial charge in [-0.3, -0.25) is 9.59 Å². The highest BCUT2D eigenvalue weighted by Gasteiger charge is 2.43. The smallest absolute Gasteiger partial charge is 0.240 e. The monoisotopic (exact) mass is 241 g/mol. The molecule has 17 heavy (non-hydrogen) atoms. The van der Waals surface area contributed by atoms with Crippen LogP contribution in [0.2, 0.25) is 0 Å². The number of hydrogen-bond donors (Lipinski definition) is 3. The molecule has 1 atom stereocenters. The van der Waals surface area contributed by atoms with Crippen molar-refractivity contribution < 1.29 is 9.59 Å². The maximum atomic E-state index is 11.8. The third-order valence-electron chi connectivity index (χ3n) is 3.00. The highest BCUT2D eigenvalue weighted by atomic mass is 16.2. The average Bonchev–Trinajstić information content (AvgIpc) is 2.99. The van der Waals surface area contributed by atoms with Gasteiger partial charge in [-0.05, 0) is 39.5 Å². The van der Waals surface area contributed by atoms with Gasteiger partial charge < -0.3 is 16.4 Å². The molecule has 0 aromatic carbocycles. The summed E-state index contributed by atoms with van der Waals surface area (Å²) >= 11 is 0. The second kappa shape index (κ2) is 5.49. The minimum Gasteiger partial charge on any atom is -0.354 e. The Morgan fingerprint density at radius 2 is 2.00 bits per heavy atom. The molecule has 1 aliphatic carbocycles. The Labute approximate surface area is 103 Å². The zero-order valence-corrected chi connectivity index (χ0v) is 10.9. The summed E-state index contributed by atoms with van der Waals surface area (Å²) in [5.41, 5.74) is 5.17. The van der Waals surface area contributed by atoms with E-state index in [2.05, 4.69) is 10.6 Å². The van der Waals surface area contributed by atoms with Gasteiger partial charge in [0.05, 0.1) is 5.54 Å². The number of rotatable bonds is 6. The molecule has 0 spiro atoms. The van der Waals surface area contributed by atoms with Crippen LogP contribution in [0.3, 0.4) is 0 Å². The molecule has 5 heteroatoms. The van der Waals surface area contributed by atoms with Crippen LogP contribution >= 0.6 is 0 Å². The summed E-state index contributed by atoms with van der Waals surface area (Å²) in [5, 5.41) is 5.49. The molecule has 5 nitrogen and oxygen atoms in total. The number of amides is 2. The van der Waals surface area contributed by atoms with Gasteiger partial charge in [0.15, 0.2) is 0 Å². The van der Waals surface area contributed by atoms with E-state index in [0.717, 1.165) is 12.8 Å². The quantitative estimate of drug-likeness (QED) is 0.618. The van der Waals surface area contributed by atoms with E-state index in [4.69, 9.17) is 5.73 Å². The van der Waals surface area contributed by atoms with Crippen molar-refractivity contribution >= 4 is 11.8 Å². The van der Waals surface area contributed by atoms with E-state index in [-0.39, 0.29) is 17.9 Å². The Kier molecular flexibility index (Phi) is 4.51. The maximum absolute atomic E-state index is 11.8. The normalized spacial score (nSPS) is 18.6. The Morgan fingerprint density at radius 3 is 2.47 bits per heavy atom. The van der Waals surface area contributed by atoms with Crippen molar-refractivity contribution in [1.82, 2.24) is 10.6 Å². The number of hydrogen-bond acceptors (Lipinski definition) is 3. The zero-order valence-electron chi connectivity index (χ0n) is 10.9. The largest absolute Gasteiger partial charge is 0.354 e. The van der Waals surface area contributed by atoms with Crippen molar-refractivity contribution in [2.24, 2.45) is 11.7 Å². The van der Waals surface area contributed by atoms with E-state index in [1.165, 1.54) is 0 Å². The maximum Gasteiger partial charge on any atom is 0.240 e. The lowest BCUT2D eigenvalue weighted by atomic mass is 9.96. The topological polar surface area (TPSA) is 84.2 Å². The van der Waals surface area contributed by atoms with Gasteiger partial charge in [0, 0.05) is 19.0 Å². The van der Waals surface area contributed by atoms with Gasteiger partial charge >= 0.3 is 0 Å². The van der Waals surface area contributed by atoms with Crippen molar-refractivity contribution in [3.63, 3.8) is 0 Å². The first kappa shape index (κ1) is 14.0. The van der Waals surface area contributed by atoms with Gasteiger partial charge in [0.25, 0.3) is 0 Å². The van der Waals surface area contributed by atoms with Crippen LogP contribution in [0.1, 0.15) is 40.0 Å². The van der Waals surface area contributed by atoms with E-state index in [9.17, 15) is 9.59 Å². The fourth-order valence-corrected chi connectivity index (χ4v) is 1.74. The molecular weight excluding hydrogens is 218 g/mol. The third-order valence-corrected chi connectivity index (χ3v) is 3.00. The molecule has 98 valence electrons. The van der Waals surface area contributed by atoms with E-state index in [0.29, 0.717) is 18.9 Å². The minimum atomic E-state index is -0.783. The lowest BCUT2D eigenvalue weighted by molar-refractivity contribution is -0.126. The Morgan fingerprint density at radius 1 is 1.41 bits per heavy atom. The summed E-state index contributed by atoms with van der Waals surface area (Å²) in [4.78, 5) is 23.1. The lowest BCUT2D eigenvalue weighted by Crippen LogP contribution is -2.53. The van der Waals surface area contributed by atoms with E-state index < -0.39 is 5.54 Å². The standard InChI is InChI=1S/C12H23N3O2/c1-8(2)15-10(16)6-7-14-11(17)12(3,13)9-4-5-9/h8-9H,4-7,13H2,1-3H3,(H,14,17)(H,15,16). The molecule has 1 aliphatic rings. The summed E-state index contributed by atoms with van der Waals surface area (Å²) in [6.07, 6.45) is 2.34. The average molecular weight is 241 g/mol. The Bertz CT molecular complexity index is 296. The van der Waals surface area contributed by atoms with Gasteiger partial charge in [-0.1, -0.05) is 0 Å². The van der Waals surface area contributed by atoms with E-state index in [1.54, 1.807) is 6.92 Å². The summed E-state index contributed by atoms with van der Waals surface area (Å²) in [5.74, 6) is 0.0924. The van der Waals surface area contributed by atoms with Gasteiger partial charge in [-0.25, -0.2) is 0 Å². The summed E-state index contributed by atoms with van der Waals surface area (Å²) in [6.45, 7) is 5.91. The molecule has 0 aliphatic heterocycles. The van der Waals surface area contributed by atoms with Gasteiger partial charge in [0.2, 0.25) is 11.8 Å². The molecule has 0 saturated heterocycles. The van der Waals surface area contributed by atoms with Crippen LogP contribution in [0, 0.1) is 5.92 Å². The van der Waals surface area contributed by atoms with Crippen LogP contribution in [0.4, 0.5) is 0 Å². The van der Waals surface area contributed by atoms with Crippen molar-refractivity contribution in [2.75, 3.05) is 6.54 Å². The minimum absolute atomic E-state index is 0.0505. The fraction of sp³-hybridized carbons (Fsp3) is 0.833. The molecule has 1 rings (SSSR count). The molecule has 2 amide bonds. The van der Waals surface area contributed by atoms with Crippen molar-refractivity contribution in [3.8, 4) is 0 Å². The zero-order chi connectivity index (χ0) is 13.1. The summed E-state index contributed by atoms with van der Waals surface area (Å²) in [6, 6.07) is 0.129. The second-order valence-corrected chi connectivity index (χ2v) is 5.29. The van der Waals surface area contributed by atoms with Gasteiger partial charge in [-0.15, -0.1) is 0 Å². The van der Waals surface area contributed by atoms with Crippen LogP contribution in [0.15, 0.2) is 0 Å². The summed E-state index contributed by atoms with van der Waals surface area (Å²) < 4.78 is 0. The molecule has 0 aromatic heterocycles. The number of carbonyl (C=O) groups excluding carboxylic acids is 2. The van der Waals surface area contributed by atoms with E-state index >= 15 is 0 Å². The number of carbonyl (C=O) groups is 2. The highest BCUT2D eigenvalue weighted by Crippen LogP contribution is 2.37. The predicted molar refractivity (Wildman–Crippen MR) is 66.2 cm³/mol. The first-order valence-electron chi connectivity index (χ1n) is 6.20. The molecule has 0 radical (unpaired) electrons. The SMILES string of the molecule is CC(C)NC(=O)CCNC(=O)C(C)(N)C1CC1. The number of nitrogens with two attached hydrogens (primary N) is 1. The molecule has 0 aromatic rings. The lowest BCUT2D eigenvalue weighted by Gasteiger charge is -2.23. The predicted octanol–water partition coefficient (Wildman–Crippen LogP) is 0.145. The van der Waals surface area contributed by atoms with Gasteiger partial charge in [-0.2, -0.15) is 0 Å². The van der Waals surface area contributed by atoms with Gasteiger partial charge in [0.1, 0.15) is 0 Å².